The van der Waals surface area contributed by atoms with Crippen molar-refractivity contribution in [1.29, 1.82) is 0 Å². The number of pyridine rings is 1. The molecule has 0 bridgehead atoms. The summed E-state index contributed by atoms with van der Waals surface area (Å²) in [6, 6.07) is 18.1. The number of rotatable bonds is 3. The number of esters is 1. The fraction of sp³-hybridized carbons (Fsp3) is 0.158. The van der Waals surface area contributed by atoms with Gasteiger partial charge in [-0.3, -0.25) is 4.98 Å². The van der Waals surface area contributed by atoms with Crippen molar-refractivity contribution in [2.45, 2.75) is 13.8 Å². The second-order valence-electron chi connectivity index (χ2n) is 5.12. The quantitative estimate of drug-likeness (QED) is 0.672. The average molecular weight is 291 g/mol. The van der Waals surface area contributed by atoms with E-state index in [1.807, 2.05) is 49.4 Å². The Morgan fingerprint density at radius 3 is 2.55 bits per heavy atom. The number of hydrogen-bond donors (Lipinski definition) is 0. The van der Waals surface area contributed by atoms with Crippen LogP contribution in [0.2, 0.25) is 0 Å². The fourth-order valence-electron chi connectivity index (χ4n) is 2.49. The molecule has 0 amide bonds. The number of hydrogen-bond acceptors (Lipinski definition) is 3. The molecule has 3 heteroatoms. The number of benzene rings is 2. The molecule has 22 heavy (non-hydrogen) atoms. The lowest BCUT2D eigenvalue weighted by Crippen LogP contribution is -2.08. The largest absolute Gasteiger partial charge is 0.462 e. The summed E-state index contributed by atoms with van der Waals surface area (Å²) in [6.07, 6.45) is 0. The van der Waals surface area contributed by atoms with E-state index in [0.717, 1.165) is 22.0 Å². The zero-order valence-corrected chi connectivity index (χ0v) is 12.7. The van der Waals surface area contributed by atoms with Crippen molar-refractivity contribution in [2.75, 3.05) is 6.61 Å². The third kappa shape index (κ3) is 2.70. The number of aromatic nitrogens is 1. The number of aryl methyl sites for hydroxylation is 1. The molecular formula is C19H17NO2. The van der Waals surface area contributed by atoms with E-state index >= 15 is 0 Å². The molecule has 0 aliphatic heterocycles. The van der Waals surface area contributed by atoms with Crippen LogP contribution in [0.1, 0.15) is 23.0 Å². The Morgan fingerprint density at radius 2 is 1.82 bits per heavy atom. The Kier molecular flexibility index (Phi) is 3.88. The summed E-state index contributed by atoms with van der Waals surface area (Å²) < 4.78 is 5.07. The van der Waals surface area contributed by atoms with Gasteiger partial charge in [-0.15, -0.1) is 0 Å². The minimum atomic E-state index is -0.318. The van der Waals surface area contributed by atoms with E-state index in [-0.39, 0.29) is 5.97 Å². The van der Waals surface area contributed by atoms with E-state index in [1.165, 1.54) is 0 Å². The van der Waals surface area contributed by atoms with Crippen molar-refractivity contribution in [3.63, 3.8) is 0 Å². The Labute approximate surface area is 129 Å². The number of carbonyl (C=O) groups excluding carboxylic acids is 1. The molecule has 0 saturated heterocycles. The molecular weight excluding hydrogens is 274 g/mol. The van der Waals surface area contributed by atoms with Crippen molar-refractivity contribution in [3.8, 4) is 11.1 Å². The molecule has 0 aliphatic rings. The Morgan fingerprint density at radius 1 is 1.05 bits per heavy atom. The molecule has 3 nitrogen and oxygen atoms in total. The predicted octanol–water partition coefficient (Wildman–Crippen LogP) is 4.39. The van der Waals surface area contributed by atoms with Gasteiger partial charge in [0.25, 0.3) is 0 Å². The van der Waals surface area contributed by atoms with Gasteiger partial charge in [-0.2, -0.15) is 0 Å². The summed E-state index contributed by atoms with van der Waals surface area (Å²) in [4.78, 5) is 16.5. The van der Waals surface area contributed by atoms with Gasteiger partial charge >= 0.3 is 5.97 Å². The Bertz CT molecular complexity index is 825. The standard InChI is InChI=1S/C19H17NO2/c1-3-22-19(21)17-11-16-10-9-15(12-18(16)20-13(17)2)14-7-5-4-6-8-14/h4-12H,3H2,1-2H3. The van der Waals surface area contributed by atoms with Crippen LogP contribution in [0.15, 0.2) is 54.6 Å². The smallest absolute Gasteiger partial charge is 0.339 e. The van der Waals surface area contributed by atoms with Gasteiger partial charge in [0.05, 0.1) is 23.4 Å². The van der Waals surface area contributed by atoms with Crippen molar-refractivity contribution in [1.82, 2.24) is 4.98 Å². The van der Waals surface area contributed by atoms with E-state index in [9.17, 15) is 4.79 Å². The molecule has 2 aromatic carbocycles. The molecule has 1 aromatic heterocycles. The normalized spacial score (nSPS) is 10.6. The zero-order valence-electron chi connectivity index (χ0n) is 12.7. The first-order chi connectivity index (χ1) is 10.7. The minimum absolute atomic E-state index is 0.318. The first-order valence-electron chi connectivity index (χ1n) is 7.33. The average Bonchev–Trinajstić information content (AvgIpc) is 2.54. The third-order valence-electron chi connectivity index (χ3n) is 3.61. The highest BCUT2D eigenvalue weighted by Crippen LogP contribution is 2.25. The maximum atomic E-state index is 11.9. The second kappa shape index (κ2) is 5.98. The molecule has 3 rings (SSSR count). The van der Waals surface area contributed by atoms with Gasteiger partial charge in [0.2, 0.25) is 0 Å². The second-order valence-corrected chi connectivity index (χ2v) is 5.12. The summed E-state index contributed by atoms with van der Waals surface area (Å²) in [5.41, 5.74) is 4.37. The first kappa shape index (κ1) is 14.3. The van der Waals surface area contributed by atoms with Crippen molar-refractivity contribution < 1.29 is 9.53 Å². The van der Waals surface area contributed by atoms with Crippen LogP contribution in [0.3, 0.4) is 0 Å². The fourth-order valence-corrected chi connectivity index (χ4v) is 2.49. The molecule has 110 valence electrons. The molecule has 3 aromatic rings. The SMILES string of the molecule is CCOC(=O)c1cc2ccc(-c3ccccc3)cc2nc1C. The van der Waals surface area contributed by atoms with Crippen molar-refractivity contribution in [3.05, 3.63) is 65.9 Å². The van der Waals surface area contributed by atoms with Crippen LogP contribution >= 0.6 is 0 Å². The van der Waals surface area contributed by atoms with Gasteiger partial charge in [0.15, 0.2) is 0 Å². The molecule has 0 aliphatic carbocycles. The highest BCUT2D eigenvalue weighted by atomic mass is 16.5. The summed E-state index contributed by atoms with van der Waals surface area (Å²) in [6.45, 7) is 4.00. The van der Waals surface area contributed by atoms with E-state index in [1.54, 1.807) is 6.92 Å². The van der Waals surface area contributed by atoms with Crippen LogP contribution in [0.25, 0.3) is 22.0 Å². The molecule has 0 spiro atoms. The topological polar surface area (TPSA) is 39.2 Å². The van der Waals surface area contributed by atoms with Crippen LogP contribution in [-0.4, -0.2) is 17.6 Å². The molecule has 0 N–H and O–H groups in total. The van der Waals surface area contributed by atoms with E-state index < -0.39 is 0 Å². The maximum Gasteiger partial charge on any atom is 0.339 e. The predicted molar refractivity (Wildman–Crippen MR) is 87.9 cm³/mol. The van der Waals surface area contributed by atoms with Crippen LogP contribution in [0, 0.1) is 6.92 Å². The van der Waals surface area contributed by atoms with Gasteiger partial charge in [0, 0.05) is 5.39 Å². The molecule has 0 radical (unpaired) electrons. The lowest BCUT2D eigenvalue weighted by molar-refractivity contribution is 0.0525. The third-order valence-corrected chi connectivity index (χ3v) is 3.61. The van der Waals surface area contributed by atoms with Gasteiger partial charge in [0.1, 0.15) is 0 Å². The molecule has 1 heterocycles. The molecule has 0 saturated carbocycles. The van der Waals surface area contributed by atoms with Gasteiger partial charge in [-0.25, -0.2) is 4.79 Å². The van der Waals surface area contributed by atoms with Crippen molar-refractivity contribution >= 4 is 16.9 Å². The lowest BCUT2D eigenvalue weighted by atomic mass is 10.0. The van der Waals surface area contributed by atoms with Crippen LogP contribution < -0.4 is 0 Å². The van der Waals surface area contributed by atoms with Crippen LogP contribution in [0.4, 0.5) is 0 Å². The monoisotopic (exact) mass is 291 g/mol. The molecule has 0 unspecified atom stereocenters. The lowest BCUT2D eigenvalue weighted by Gasteiger charge is -2.08. The number of fused-ring (bicyclic) bond motifs is 1. The zero-order chi connectivity index (χ0) is 15.5. The van der Waals surface area contributed by atoms with E-state index in [0.29, 0.717) is 17.9 Å². The van der Waals surface area contributed by atoms with Crippen molar-refractivity contribution in [2.24, 2.45) is 0 Å². The summed E-state index contributed by atoms with van der Waals surface area (Å²) in [5.74, 6) is -0.318. The summed E-state index contributed by atoms with van der Waals surface area (Å²) in [5, 5.41) is 0.938. The van der Waals surface area contributed by atoms with E-state index in [4.69, 9.17) is 4.74 Å². The first-order valence-corrected chi connectivity index (χ1v) is 7.33. The summed E-state index contributed by atoms with van der Waals surface area (Å²) >= 11 is 0. The van der Waals surface area contributed by atoms with Crippen LogP contribution in [0.5, 0.6) is 0 Å². The molecule has 0 fully saturated rings. The van der Waals surface area contributed by atoms with Gasteiger partial charge in [-0.05, 0) is 37.1 Å². The minimum Gasteiger partial charge on any atom is -0.462 e. The summed E-state index contributed by atoms with van der Waals surface area (Å²) in [7, 11) is 0. The van der Waals surface area contributed by atoms with Gasteiger partial charge in [-0.1, -0.05) is 42.5 Å². The highest BCUT2D eigenvalue weighted by Gasteiger charge is 2.12. The maximum absolute atomic E-state index is 11.9. The number of nitrogens with zero attached hydrogens (tertiary/aromatic N) is 1. The number of carbonyl (C=O) groups is 1. The Hall–Kier alpha value is -2.68. The molecule has 0 atom stereocenters. The highest BCUT2D eigenvalue weighted by molar-refractivity contribution is 5.96. The van der Waals surface area contributed by atoms with Gasteiger partial charge < -0.3 is 4.74 Å². The Balaban J connectivity index is 2.07. The number of ether oxygens (including phenoxy) is 1. The van der Waals surface area contributed by atoms with Crippen LogP contribution in [-0.2, 0) is 4.74 Å². The van der Waals surface area contributed by atoms with E-state index in [2.05, 4.69) is 17.1 Å².